The van der Waals surface area contributed by atoms with Crippen molar-refractivity contribution in [3.05, 3.63) is 29.0 Å². The Morgan fingerprint density at radius 3 is 2.95 bits per heavy atom. The lowest BCUT2D eigenvalue weighted by Crippen LogP contribution is -2.32. The minimum atomic E-state index is -0.530. The lowest BCUT2D eigenvalue weighted by molar-refractivity contribution is -0.126. The van der Waals surface area contributed by atoms with Gasteiger partial charge in [-0.05, 0) is 25.1 Å². The van der Waals surface area contributed by atoms with Crippen LogP contribution in [0.4, 0.5) is 10.1 Å². The molecule has 1 aliphatic heterocycles. The number of hydrogen-bond acceptors (Lipinski definition) is 2. The summed E-state index contributed by atoms with van der Waals surface area (Å²) in [4.78, 5) is 25.1. The lowest BCUT2D eigenvalue weighted by atomic mass is 10.1. The van der Waals surface area contributed by atoms with Crippen LogP contribution in [0.25, 0.3) is 0 Å². The normalized spacial score (nSPS) is 18.8. The van der Waals surface area contributed by atoms with Crippen LogP contribution in [-0.2, 0) is 9.59 Å². The van der Waals surface area contributed by atoms with Crippen LogP contribution in [0.15, 0.2) is 18.2 Å². The molecule has 2 amide bonds. The second-order valence-electron chi connectivity index (χ2n) is 4.40. The van der Waals surface area contributed by atoms with Gasteiger partial charge in [0.05, 0.1) is 10.9 Å². The van der Waals surface area contributed by atoms with Gasteiger partial charge in [-0.25, -0.2) is 4.39 Å². The maximum absolute atomic E-state index is 13.1. The Labute approximate surface area is 115 Å². The molecule has 1 fully saturated rings. The first kappa shape index (κ1) is 13.8. The molecule has 2 rings (SSSR count). The molecular weight excluding hydrogens is 271 g/mol. The molecule has 1 N–H and O–H groups in total. The predicted octanol–water partition coefficient (Wildman–Crippen LogP) is 1.97. The first-order valence-electron chi connectivity index (χ1n) is 6.06. The third kappa shape index (κ3) is 2.87. The highest BCUT2D eigenvalue weighted by atomic mass is 35.5. The average Bonchev–Trinajstić information content (AvgIpc) is 2.75. The Morgan fingerprint density at radius 2 is 2.32 bits per heavy atom. The summed E-state index contributed by atoms with van der Waals surface area (Å²) in [6.07, 6.45) is 0.167. The summed E-state index contributed by atoms with van der Waals surface area (Å²) in [5, 5.41) is 2.66. The summed E-state index contributed by atoms with van der Waals surface area (Å²) in [5.74, 6) is -1.18. The molecule has 1 aromatic carbocycles. The van der Waals surface area contributed by atoms with E-state index in [9.17, 15) is 14.0 Å². The predicted molar refractivity (Wildman–Crippen MR) is 70.6 cm³/mol. The quantitative estimate of drug-likeness (QED) is 0.922. The van der Waals surface area contributed by atoms with Gasteiger partial charge in [0.1, 0.15) is 5.82 Å². The highest BCUT2D eigenvalue weighted by Gasteiger charge is 2.34. The summed E-state index contributed by atoms with van der Waals surface area (Å²) in [5.41, 5.74) is 0.517. The number of amides is 2. The van der Waals surface area contributed by atoms with Crippen LogP contribution in [0, 0.1) is 11.7 Å². The fourth-order valence-corrected chi connectivity index (χ4v) is 2.28. The van der Waals surface area contributed by atoms with Crippen molar-refractivity contribution in [3.63, 3.8) is 0 Å². The average molecular weight is 285 g/mol. The Bertz CT molecular complexity index is 521. The number of rotatable bonds is 3. The zero-order valence-electron chi connectivity index (χ0n) is 10.5. The molecule has 1 heterocycles. The number of carbonyl (C=O) groups excluding carboxylic acids is 2. The van der Waals surface area contributed by atoms with Gasteiger partial charge in [0, 0.05) is 25.2 Å². The van der Waals surface area contributed by atoms with E-state index in [0.29, 0.717) is 18.8 Å². The number of halogens is 2. The Morgan fingerprint density at radius 1 is 1.58 bits per heavy atom. The van der Waals surface area contributed by atoms with E-state index < -0.39 is 5.82 Å². The van der Waals surface area contributed by atoms with Gasteiger partial charge in [-0.1, -0.05) is 11.6 Å². The van der Waals surface area contributed by atoms with E-state index in [-0.39, 0.29) is 29.2 Å². The summed E-state index contributed by atoms with van der Waals surface area (Å²) in [7, 11) is 0. The van der Waals surface area contributed by atoms with Crippen molar-refractivity contribution in [3.8, 4) is 0 Å². The molecule has 1 unspecified atom stereocenters. The van der Waals surface area contributed by atoms with Gasteiger partial charge in [0.15, 0.2) is 0 Å². The van der Waals surface area contributed by atoms with E-state index in [1.165, 1.54) is 23.1 Å². The third-order valence-electron chi connectivity index (χ3n) is 3.06. The van der Waals surface area contributed by atoms with Crippen molar-refractivity contribution >= 4 is 29.1 Å². The first-order valence-corrected chi connectivity index (χ1v) is 6.44. The number of benzene rings is 1. The molecule has 19 heavy (non-hydrogen) atoms. The van der Waals surface area contributed by atoms with Crippen LogP contribution in [-0.4, -0.2) is 24.9 Å². The fourth-order valence-electron chi connectivity index (χ4n) is 2.10. The maximum atomic E-state index is 13.1. The SMILES string of the molecule is CCNC(=O)C1CC(=O)N(c2ccc(F)c(Cl)c2)C1. The summed E-state index contributed by atoms with van der Waals surface area (Å²) in [6.45, 7) is 2.66. The maximum Gasteiger partial charge on any atom is 0.227 e. The highest BCUT2D eigenvalue weighted by molar-refractivity contribution is 6.31. The molecule has 6 heteroatoms. The lowest BCUT2D eigenvalue weighted by Gasteiger charge is -2.17. The number of carbonyl (C=O) groups is 2. The molecule has 0 aliphatic carbocycles. The van der Waals surface area contributed by atoms with Gasteiger partial charge in [-0.2, -0.15) is 0 Å². The number of anilines is 1. The van der Waals surface area contributed by atoms with Gasteiger partial charge in [-0.3, -0.25) is 9.59 Å². The van der Waals surface area contributed by atoms with Crippen LogP contribution in [0.5, 0.6) is 0 Å². The monoisotopic (exact) mass is 284 g/mol. The molecule has 1 aromatic rings. The fraction of sp³-hybridized carbons (Fsp3) is 0.385. The minimum Gasteiger partial charge on any atom is -0.356 e. The van der Waals surface area contributed by atoms with Gasteiger partial charge in [0.2, 0.25) is 11.8 Å². The molecule has 1 atom stereocenters. The van der Waals surface area contributed by atoms with E-state index in [4.69, 9.17) is 11.6 Å². The van der Waals surface area contributed by atoms with Crippen molar-refractivity contribution in [2.24, 2.45) is 5.92 Å². The Balaban J connectivity index is 2.15. The van der Waals surface area contributed by atoms with E-state index in [1.807, 2.05) is 6.92 Å². The Hall–Kier alpha value is -1.62. The molecule has 0 radical (unpaired) electrons. The van der Waals surface area contributed by atoms with Crippen molar-refractivity contribution in [1.82, 2.24) is 5.32 Å². The number of nitrogens with one attached hydrogen (secondary N) is 1. The summed E-state index contributed by atoms with van der Waals surface area (Å²) in [6, 6.07) is 4.10. The zero-order valence-corrected chi connectivity index (χ0v) is 11.2. The van der Waals surface area contributed by atoms with Crippen LogP contribution >= 0.6 is 11.6 Å². The molecule has 1 saturated heterocycles. The second-order valence-corrected chi connectivity index (χ2v) is 4.81. The molecule has 1 aliphatic rings. The van der Waals surface area contributed by atoms with E-state index in [2.05, 4.69) is 5.32 Å². The topological polar surface area (TPSA) is 49.4 Å². The largest absolute Gasteiger partial charge is 0.356 e. The summed E-state index contributed by atoms with van der Waals surface area (Å²) >= 11 is 5.70. The molecule has 0 spiro atoms. The minimum absolute atomic E-state index is 0.0354. The first-order chi connectivity index (χ1) is 9.02. The third-order valence-corrected chi connectivity index (χ3v) is 3.35. The van der Waals surface area contributed by atoms with Crippen molar-refractivity contribution in [2.75, 3.05) is 18.0 Å². The Kier molecular flexibility index (Phi) is 4.04. The van der Waals surface area contributed by atoms with Crippen LogP contribution in [0.2, 0.25) is 5.02 Å². The van der Waals surface area contributed by atoms with E-state index in [1.54, 1.807) is 0 Å². The smallest absolute Gasteiger partial charge is 0.227 e. The molecule has 102 valence electrons. The van der Waals surface area contributed by atoms with Crippen molar-refractivity contribution in [1.29, 1.82) is 0 Å². The van der Waals surface area contributed by atoms with Crippen LogP contribution in [0.3, 0.4) is 0 Å². The zero-order chi connectivity index (χ0) is 14.0. The molecule has 0 aromatic heterocycles. The van der Waals surface area contributed by atoms with Crippen LogP contribution in [0.1, 0.15) is 13.3 Å². The molecule has 0 bridgehead atoms. The van der Waals surface area contributed by atoms with E-state index >= 15 is 0 Å². The molecule has 0 saturated carbocycles. The number of hydrogen-bond donors (Lipinski definition) is 1. The van der Waals surface area contributed by atoms with Gasteiger partial charge < -0.3 is 10.2 Å². The molecular formula is C13H14ClFN2O2. The van der Waals surface area contributed by atoms with Gasteiger partial charge >= 0.3 is 0 Å². The molecule has 4 nitrogen and oxygen atoms in total. The van der Waals surface area contributed by atoms with Gasteiger partial charge in [-0.15, -0.1) is 0 Å². The van der Waals surface area contributed by atoms with Gasteiger partial charge in [0.25, 0.3) is 0 Å². The second kappa shape index (κ2) is 5.57. The summed E-state index contributed by atoms with van der Waals surface area (Å²) < 4.78 is 13.1. The highest BCUT2D eigenvalue weighted by Crippen LogP contribution is 2.28. The van der Waals surface area contributed by atoms with Crippen molar-refractivity contribution in [2.45, 2.75) is 13.3 Å². The van der Waals surface area contributed by atoms with Crippen LogP contribution < -0.4 is 10.2 Å². The van der Waals surface area contributed by atoms with E-state index in [0.717, 1.165) is 0 Å². The standard InChI is InChI=1S/C13H14ClFN2O2/c1-2-16-13(19)8-5-12(18)17(7-8)9-3-4-11(15)10(14)6-9/h3-4,6,8H,2,5,7H2,1H3,(H,16,19). The number of nitrogens with zero attached hydrogens (tertiary/aromatic N) is 1. The van der Waals surface area contributed by atoms with Crippen molar-refractivity contribution < 1.29 is 14.0 Å².